The topological polar surface area (TPSA) is 58.1 Å². The second-order valence-electron chi connectivity index (χ2n) is 8.35. The number of aromatic nitrogens is 2. The Bertz CT molecular complexity index is 989. The summed E-state index contributed by atoms with van der Waals surface area (Å²) in [5.74, 6) is 1.43. The minimum atomic E-state index is 0.0231. The van der Waals surface area contributed by atoms with Gasteiger partial charge in [-0.2, -0.15) is 4.37 Å². The summed E-state index contributed by atoms with van der Waals surface area (Å²) >= 11 is 1.49. The van der Waals surface area contributed by atoms with E-state index in [-0.39, 0.29) is 5.91 Å². The number of amides is 1. The minimum Gasteiger partial charge on any atom is -0.352 e. The van der Waals surface area contributed by atoms with E-state index in [9.17, 15) is 4.79 Å². The Kier molecular flexibility index (Phi) is 6.97. The molecule has 31 heavy (non-hydrogen) atoms. The fraction of sp³-hybridized carbons (Fsp3) is 0.400. The SMILES string of the molecule is CCc1ccc(C(=O)NCC2CCN(c3nc(Cc4ccc(C)cc4)ns3)CC2)cc1. The first-order chi connectivity index (χ1) is 15.1. The maximum absolute atomic E-state index is 12.4. The number of anilines is 1. The van der Waals surface area contributed by atoms with Crippen LogP contribution in [0.4, 0.5) is 5.13 Å². The van der Waals surface area contributed by atoms with Gasteiger partial charge in [0.1, 0.15) is 5.82 Å². The van der Waals surface area contributed by atoms with E-state index in [4.69, 9.17) is 4.98 Å². The van der Waals surface area contributed by atoms with E-state index in [0.29, 0.717) is 5.92 Å². The number of carbonyl (C=O) groups excluding carboxylic acids is 1. The zero-order valence-electron chi connectivity index (χ0n) is 18.3. The highest BCUT2D eigenvalue weighted by Crippen LogP contribution is 2.25. The molecule has 2 heterocycles. The zero-order chi connectivity index (χ0) is 21.6. The highest BCUT2D eigenvalue weighted by atomic mass is 32.1. The average Bonchev–Trinajstić information content (AvgIpc) is 3.28. The third kappa shape index (κ3) is 5.70. The lowest BCUT2D eigenvalue weighted by Crippen LogP contribution is -2.38. The summed E-state index contributed by atoms with van der Waals surface area (Å²) in [6.45, 7) is 6.88. The third-order valence-electron chi connectivity index (χ3n) is 6.00. The smallest absolute Gasteiger partial charge is 0.251 e. The molecule has 1 fully saturated rings. The van der Waals surface area contributed by atoms with Crippen molar-refractivity contribution in [2.45, 2.75) is 39.5 Å². The molecule has 1 aliphatic rings. The predicted octanol–water partition coefficient (Wildman–Crippen LogP) is 4.65. The molecule has 2 aromatic carbocycles. The Morgan fingerprint density at radius 2 is 1.74 bits per heavy atom. The molecular weight excluding hydrogens is 404 g/mol. The number of rotatable bonds is 7. The Hall–Kier alpha value is -2.73. The summed E-state index contributed by atoms with van der Waals surface area (Å²) in [5, 5.41) is 4.13. The van der Waals surface area contributed by atoms with E-state index < -0.39 is 0 Å². The van der Waals surface area contributed by atoms with Gasteiger partial charge in [-0.15, -0.1) is 0 Å². The van der Waals surface area contributed by atoms with E-state index in [1.165, 1.54) is 28.2 Å². The lowest BCUT2D eigenvalue weighted by molar-refractivity contribution is 0.0945. The Balaban J connectivity index is 1.23. The summed E-state index contributed by atoms with van der Waals surface area (Å²) in [6.07, 6.45) is 3.88. The standard InChI is InChI=1S/C25H30N4OS/c1-3-19-8-10-22(11-9-19)24(30)26-17-21-12-14-29(15-13-21)25-27-23(28-31-25)16-20-6-4-18(2)5-7-20/h4-11,21H,3,12-17H2,1-2H3,(H,26,30). The van der Waals surface area contributed by atoms with Gasteiger partial charge in [0.2, 0.25) is 5.13 Å². The molecule has 0 bridgehead atoms. The van der Waals surface area contributed by atoms with Crippen LogP contribution in [-0.2, 0) is 12.8 Å². The lowest BCUT2D eigenvalue weighted by atomic mass is 9.97. The first-order valence-electron chi connectivity index (χ1n) is 11.1. The predicted molar refractivity (Wildman–Crippen MR) is 127 cm³/mol. The molecule has 4 rings (SSSR count). The summed E-state index contributed by atoms with van der Waals surface area (Å²) in [7, 11) is 0. The zero-order valence-corrected chi connectivity index (χ0v) is 19.1. The van der Waals surface area contributed by atoms with Crippen molar-refractivity contribution >= 4 is 22.6 Å². The third-order valence-corrected chi connectivity index (χ3v) is 6.82. The molecule has 0 aliphatic carbocycles. The van der Waals surface area contributed by atoms with Crippen molar-refractivity contribution in [2.75, 3.05) is 24.5 Å². The second kappa shape index (κ2) is 10.1. The van der Waals surface area contributed by atoms with Gasteiger partial charge in [-0.3, -0.25) is 4.79 Å². The van der Waals surface area contributed by atoms with Gasteiger partial charge in [-0.25, -0.2) is 4.98 Å². The van der Waals surface area contributed by atoms with Crippen LogP contribution in [0.5, 0.6) is 0 Å². The molecule has 1 N–H and O–H groups in total. The summed E-state index contributed by atoms with van der Waals surface area (Å²) in [4.78, 5) is 19.5. The minimum absolute atomic E-state index is 0.0231. The van der Waals surface area contributed by atoms with Crippen LogP contribution in [0.25, 0.3) is 0 Å². The average molecular weight is 435 g/mol. The van der Waals surface area contributed by atoms with Gasteiger partial charge in [0, 0.05) is 43.2 Å². The van der Waals surface area contributed by atoms with Crippen LogP contribution in [-0.4, -0.2) is 34.9 Å². The van der Waals surface area contributed by atoms with Crippen molar-refractivity contribution in [3.63, 3.8) is 0 Å². The van der Waals surface area contributed by atoms with Gasteiger partial charge in [0.15, 0.2) is 0 Å². The molecule has 0 unspecified atom stereocenters. The van der Waals surface area contributed by atoms with Crippen molar-refractivity contribution in [3.05, 3.63) is 76.6 Å². The quantitative estimate of drug-likeness (QED) is 0.588. The number of nitrogens with one attached hydrogen (secondary N) is 1. The molecule has 0 saturated carbocycles. The molecular formula is C25H30N4OS. The lowest BCUT2D eigenvalue weighted by Gasteiger charge is -2.31. The molecule has 3 aromatic rings. The Morgan fingerprint density at radius 1 is 1.06 bits per heavy atom. The summed E-state index contributed by atoms with van der Waals surface area (Å²) in [6, 6.07) is 16.5. The molecule has 1 aliphatic heterocycles. The number of carbonyl (C=O) groups is 1. The number of aryl methyl sites for hydroxylation is 2. The van der Waals surface area contributed by atoms with Crippen molar-refractivity contribution in [1.82, 2.24) is 14.7 Å². The van der Waals surface area contributed by atoms with Crippen LogP contribution in [0.15, 0.2) is 48.5 Å². The Morgan fingerprint density at radius 3 is 2.42 bits per heavy atom. The molecule has 0 atom stereocenters. The number of nitrogens with zero attached hydrogens (tertiary/aromatic N) is 3. The first-order valence-corrected chi connectivity index (χ1v) is 11.9. The molecule has 1 amide bonds. The normalized spacial score (nSPS) is 14.6. The molecule has 0 spiro atoms. The van der Waals surface area contributed by atoms with Crippen LogP contribution in [0.1, 0.15) is 52.6 Å². The highest BCUT2D eigenvalue weighted by molar-refractivity contribution is 7.09. The fourth-order valence-corrected chi connectivity index (χ4v) is 4.63. The van der Waals surface area contributed by atoms with Crippen molar-refractivity contribution in [2.24, 2.45) is 5.92 Å². The maximum atomic E-state index is 12.4. The van der Waals surface area contributed by atoms with E-state index in [2.05, 4.69) is 52.7 Å². The molecule has 162 valence electrons. The van der Waals surface area contributed by atoms with Gasteiger partial charge in [0.25, 0.3) is 5.91 Å². The first kappa shape index (κ1) is 21.5. The van der Waals surface area contributed by atoms with Crippen molar-refractivity contribution < 1.29 is 4.79 Å². The van der Waals surface area contributed by atoms with Gasteiger partial charge in [-0.05, 0) is 55.4 Å². The second-order valence-corrected chi connectivity index (χ2v) is 9.08. The monoisotopic (exact) mass is 434 g/mol. The maximum Gasteiger partial charge on any atom is 0.251 e. The van der Waals surface area contributed by atoms with E-state index in [1.54, 1.807) is 0 Å². The van der Waals surface area contributed by atoms with Crippen molar-refractivity contribution in [3.8, 4) is 0 Å². The van der Waals surface area contributed by atoms with Crippen LogP contribution < -0.4 is 10.2 Å². The van der Waals surface area contributed by atoms with Gasteiger partial charge >= 0.3 is 0 Å². The van der Waals surface area contributed by atoms with Crippen LogP contribution in [0.3, 0.4) is 0 Å². The van der Waals surface area contributed by atoms with E-state index >= 15 is 0 Å². The molecule has 0 radical (unpaired) electrons. The summed E-state index contributed by atoms with van der Waals surface area (Å²) < 4.78 is 4.57. The molecule has 1 aromatic heterocycles. The molecule has 1 saturated heterocycles. The van der Waals surface area contributed by atoms with Crippen LogP contribution >= 0.6 is 11.5 Å². The van der Waals surface area contributed by atoms with Crippen molar-refractivity contribution in [1.29, 1.82) is 0 Å². The number of hydrogen-bond acceptors (Lipinski definition) is 5. The van der Waals surface area contributed by atoms with E-state index in [1.807, 2.05) is 24.3 Å². The summed E-state index contributed by atoms with van der Waals surface area (Å²) in [5.41, 5.74) is 4.50. The van der Waals surface area contributed by atoms with Crippen LogP contribution in [0.2, 0.25) is 0 Å². The largest absolute Gasteiger partial charge is 0.352 e. The number of hydrogen-bond donors (Lipinski definition) is 1. The fourth-order valence-electron chi connectivity index (χ4n) is 3.89. The highest BCUT2D eigenvalue weighted by Gasteiger charge is 2.22. The van der Waals surface area contributed by atoms with Gasteiger partial charge in [0.05, 0.1) is 0 Å². The van der Waals surface area contributed by atoms with Gasteiger partial charge < -0.3 is 10.2 Å². The Labute approximate surface area is 188 Å². The van der Waals surface area contributed by atoms with E-state index in [0.717, 1.165) is 61.8 Å². The number of benzene rings is 2. The molecule has 5 nitrogen and oxygen atoms in total. The number of piperidine rings is 1. The van der Waals surface area contributed by atoms with Crippen LogP contribution in [0, 0.1) is 12.8 Å². The van der Waals surface area contributed by atoms with Gasteiger partial charge in [-0.1, -0.05) is 48.9 Å². The molecule has 6 heteroatoms.